The molecular weight excluding hydrogens is 198 g/mol. The fourth-order valence-corrected chi connectivity index (χ4v) is 1.73. The van der Waals surface area contributed by atoms with Crippen molar-refractivity contribution < 1.29 is 19.1 Å². The first-order valence-electron chi connectivity index (χ1n) is 5.02. The molecule has 0 radical (unpaired) electrons. The molecule has 1 saturated carbocycles. The van der Waals surface area contributed by atoms with E-state index in [2.05, 4.69) is 9.73 Å². The molecule has 0 aliphatic heterocycles. The maximum Gasteiger partial charge on any atom is 0.331 e. The van der Waals surface area contributed by atoms with Crippen LogP contribution < -0.4 is 0 Å². The Labute approximate surface area is 88.5 Å². The third-order valence-corrected chi connectivity index (χ3v) is 2.57. The Balaban J connectivity index is 2.56. The van der Waals surface area contributed by atoms with Gasteiger partial charge in [0.05, 0.1) is 7.11 Å². The Morgan fingerprint density at radius 2 is 2.07 bits per heavy atom. The van der Waals surface area contributed by atoms with Gasteiger partial charge < -0.3 is 9.47 Å². The topological polar surface area (TPSA) is 65.0 Å². The Morgan fingerprint density at radius 1 is 1.40 bits per heavy atom. The SMILES string of the molecule is COC(=O)COC1(N=C=O)CCCCC1. The van der Waals surface area contributed by atoms with Crippen LogP contribution in [0, 0.1) is 0 Å². The molecule has 0 spiro atoms. The fourth-order valence-electron chi connectivity index (χ4n) is 1.73. The largest absolute Gasteiger partial charge is 0.467 e. The van der Waals surface area contributed by atoms with E-state index in [1.54, 1.807) is 0 Å². The lowest BCUT2D eigenvalue weighted by atomic mass is 9.92. The Kier molecular flexibility index (Phi) is 4.46. The monoisotopic (exact) mass is 213 g/mol. The molecule has 15 heavy (non-hydrogen) atoms. The molecule has 0 N–H and O–H groups in total. The first-order chi connectivity index (χ1) is 7.22. The van der Waals surface area contributed by atoms with Gasteiger partial charge in [-0.1, -0.05) is 6.42 Å². The zero-order valence-electron chi connectivity index (χ0n) is 8.82. The van der Waals surface area contributed by atoms with Crippen LogP contribution in [0.1, 0.15) is 32.1 Å². The maximum atomic E-state index is 10.9. The van der Waals surface area contributed by atoms with Crippen LogP contribution in [0.4, 0.5) is 0 Å². The van der Waals surface area contributed by atoms with Crippen LogP contribution in [0.15, 0.2) is 4.99 Å². The zero-order valence-corrected chi connectivity index (χ0v) is 8.82. The van der Waals surface area contributed by atoms with Crippen LogP contribution in [-0.2, 0) is 19.1 Å². The van der Waals surface area contributed by atoms with Gasteiger partial charge >= 0.3 is 5.97 Å². The standard InChI is InChI=1S/C10H15NO4/c1-14-9(13)7-15-10(11-8-12)5-3-2-4-6-10/h2-7H2,1H3. The smallest absolute Gasteiger partial charge is 0.331 e. The lowest BCUT2D eigenvalue weighted by molar-refractivity contribution is -0.155. The van der Waals surface area contributed by atoms with E-state index in [1.165, 1.54) is 13.2 Å². The summed E-state index contributed by atoms with van der Waals surface area (Å²) in [6.07, 6.45) is 5.86. The van der Waals surface area contributed by atoms with Gasteiger partial charge in [-0.25, -0.2) is 9.59 Å². The normalized spacial score (nSPS) is 19.0. The molecule has 1 rings (SSSR count). The minimum Gasteiger partial charge on any atom is -0.467 e. The van der Waals surface area contributed by atoms with Gasteiger partial charge in [0.2, 0.25) is 6.08 Å². The van der Waals surface area contributed by atoms with E-state index in [1.807, 2.05) is 0 Å². The third-order valence-electron chi connectivity index (χ3n) is 2.57. The van der Waals surface area contributed by atoms with Crippen molar-refractivity contribution in [2.24, 2.45) is 4.99 Å². The van der Waals surface area contributed by atoms with Crippen LogP contribution in [0.25, 0.3) is 0 Å². The first-order valence-corrected chi connectivity index (χ1v) is 5.02. The van der Waals surface area contributed by atoms with Crippen molar-refractivity contribution in [1.29, 1.82) is 0 Å². The summed E-state index contributed by atoms with van der Waals surface area (Å²) in [4.78, 5) is 24.9. The molecule has 0 aromatic heterocycles. The second-order valence-corrected chi connectivity index (χ2v) is 3.57. The van der Waals surface area contributed by atoms with Crippen molar-refractivity contribution in [3.63, 3.8) is 0 Å². The van der Waals surface area contributed by atoms with Crippen molar-refractivity contribution in [3.05, 3.63) is 0 Å². The van der Waals surface area contributed by atoms with E-state index in [9.17, 15) is 9.59 Å². The van der Waals surface area contributed by atoms with Crippen LogP contribution in [0.3, 0.4) is 0 Å². The molecule has 84 valence electrons. The van der Waals surface area contributed by atoms with Crippen LogP contribution >= 0.6 is 0 Å². The summed E-state index contributed by atoms with van der Waals surface area (Å²) in [6, 6.07) is 0. The average Bonchev–Trinajstić information content (AvgIpc) is 2.28. The van der Waals surface area contributed by atoms with Crippen LogP contribution in [0.5, 0.6) is 0 Å². The average molecular weight is 213 g/mol. The molecule has 5 nitrogen and oxygen atoms in total. The number of hydrogen-bond donors (Lipinski definition) is 0. The molecule has 0 heterocycles. The van der Waals surface area contributed by atoms with E-state index < -0.39 is 11.7 Å². The summed E-state index contributed by atoms with van der Waals surface area (Å²) >= 11 is 0. The summed E-state index contributed by atoms with van der Waals surface area (Å²) in [6.45, 7) is -0.165. The van der Waals surface area contributed by atoms with Crippen LogP contribution in [0.2, 0.25) is 0 Å². The number of methoxy groups -OCH3 is 1. The number of ether oxygens (including phenoxy) is 2. The Morgan fingerprint density at radius 3 is 2.60 bits per heavy atom. The molecule has 0 atom stereocenters. The quantitative estimate of drug-likeness (QED) is 0.399. The highest BCUT2D eigenvalue weighted by Crippen LogP contribution is 2.32. The van der Waals surface area contributed by atoms with Gasteiger partial charge in [0, 0.05) is 0 Å². The highest BCUT2D eigenvalue weighted by atomic mass is 16.6. The predicted octanol–water partition coefficient (Wildman–Crippen LogP) is 1.17. The van der Waals surface area contributed by atoms with Gasteiger partial charge in [0.15, 0.2) is 5.72 Å². The van der Waals surface area contributed by atoms with E-state index in [4.69, 9.17) is 4.74 Å². The van der Waals surface area contributed by atoms with Crippen molar-refractivity contribution in [1.82, 2.24) is 0 Å². The van der Waals surface area contributed by atoms with Gasteiger partial charge in [-0.2, -0.15) is 4.99 Å². The van der Waals surface area contributed by atoms with Gasteiger partial charge in [0.25, 0.3) is 0 Å². The fraction of sp³-hybridized carbons (Fsp3) is 0.800. The molecule has 0 unspecified atom stereocenters. The minimum absolute atomic E-state index is 0.165. The maximum absolute atomic E-state index is 10.9. The number of rotatable bonds is 4. The van der Waals surface area contributed by atoms with E-state index in [0.29, 0.717) is 12.8 Å². The summed E-state index contributed by atoms with van der Waals surface area (Å²) in [5, 5.41) is 0. The Hall–Kier alpha value is -1.19. The predicted molar refractivity (Wildman–Crippen MR) is 51.9 cm³/mol. The molecule has 0 saturated heterocycles. The summed E-state index contributed by atoms with van der Waals surface area (Å²) in [5.74, 6) is -0.457. The van der Waals surface area contributed by atoms with Crippen molar-refractivity contribution in [3.8, 4) is 0 Å². The number of carbonyl (C=O) groups is 1. The summed E-state index contributed by atoms with van der Waals surface area (Å²) in [5.41, 5.74) is -0.839. The molecule has 1 aliphatic rings. The molecule has 0 aromatic carbocycles. The highest BCUT2D eigenvalue weighted by molar-refractivity contribution is 5.70. The van der Waals surface area contributed by atoms with Gasteiger partial charge in [-0.15, -0.1) is 0 Å². The summed E-state index contributed by atoms with van der Waals surface area (Å²) < 4.78 is 9.82. The van der Waals surface area contributed by atoms with Crippen molar-refractivity contribution >= 4 is 12.0 Å². The van der Waals surface area contributed by atoms with Crippen molar-refractivity contribution in [2.75, 3.05) is 13.7 Å². The second-order valence-electron chi connectivity index (χ2n) is 3.57. The zero-order chi connectivity index (χ0) is 11.1. The number of nitrogens with zero attached hydrogens (tertiary/aromatic N) is 1. The van der Waals surface area contributed by atoms with E-state index in [0.717, 1.165) is 19.3 Å². The number of esters is 1. The lowest BCUT2D eigenvalue weighted by Gasteiger charge is -2.31. The second kappa shape index (κ2) is 5.63. The Bertz CT molecular complexity index is 265. The highest BCUT2D eigenvalue weighted by Gasteiger charge is 2.33. The molecule has 0 amide bonds. The number of carbonyl (C=O) groups excluding carboxylic acids is 2. The molecule has 1 aliphatic carbocycles. The van der Waals surface area contributed by atoms with Crippen LogP contribution in [-0.4, -0.2) is 31.5 Å². The summed E-state index contributed by atoms with van der Waals surface area (Å²) in [7, 11) is 1.29. The molecule has 1 fully saturated rings. The minimum atomic E-state index is -0.839. The molecule has 5 heteroatoms. The van der Waals surface area contributed by atoms with Gasteiger partial charge in [-0.05, 0) is 25.7 Å². The van der Waals surface area contributed by atoms with Crippen molar-refractivity contribution in [2.45, 2.75) is 37.8 Å². The first kappa shape index (κ1) is 11.9. The number of isocyanates is 1. The van der Waals surface area contributed by atoms with E-state index >= 15 is 0 Å². The lowest BCUT2D eigenvalue weighted by Crippen LogP contribution is -2.35. The van der Waals surface area contributed by atoms with Gasteiger partial charge in [-0.3, -0.25) is 0 Å². The van der Waals surface area contributed by atoms with E-state index in [-0.39, 0.29) is 6.61 Å². The van der Waals surface area contributed by atoms with Gasteiger partial charge in [0.1, 0.15) is 6.61 Å². The molecular formula is C10H15NO4. The molecule has 0 aromatic rings. The molecule has 0 bridgehead atoms. The number of aliphatic imine (C=N–C) groups is 1. The third kappa shape index (κ3) is 3.46. The number of hydrogen-bond acceptors (Lipinski definition) is 5.